The first-order valence-electron chi connectivity index (χ1n) is 5.89. The lowest BCUT2D eigenvalue weighted by molar-refractivity contribution is -0.138. The molecule has 1 aliphatic rings. The summed E-state index contributed by atoms with van der Waals surface area (Å²) in [7, 11) is 0. The van der Waals surface area contributed by atoms with Gasteiger partial charge in [0.1, 0.15) is 6.04 Å². The second-order valence-electron chi connectivity index (χ2n) is 4.33. The number of benzene rings is 1. The number of hydrogen-bond acceptors (Lipinski definition) is 3. The minimum Gasteiger partial charge on any atom is -0.480 e. The van der Waals surface area contributed by atoms with Gasteiger partial charge >= 0.3 is 5.97 Å². The molecule has 92 valence electrons. The van der Waals surface area contributed by atoms with Gasteiger partial charge in [-0.25, -0.2) is 4.79 Å². The van der Waals surface area contributed by atoms with Crippen molar-refractivity contribution < 1.29 is 15.0 Å². The Balaban J connectivity index is 2.34. The highest BCUT2D eigenvalue weighted by Gasteiger charge is 2.29. The van der Waals surface area contributed by atoms with E-state index in [1.165, 1.54) is 5.56 Å². The van der Waals surface area contributed by atoms with Crippen molar-refractivity contribution in [2.24, 2.45) is 0 Å². The van der Waals surface area contributed by atoms with E-state index < -0.39 is 12.0 Å². The molecule has 0 amide bonds. The summed E-state index contributed by atoms with van der Waals surface area (Å²) in [6.07, 6.45) is 1.46. The molecular formula is C13H17NO3. The van der Waals surface area contributed by atoms with Crippen molar-refractivity contribution in [1.29, 1.82) is 0 Å². The number of carboxylic acids is 1. The van der Waals surface area contributed by atoms with Gasteiger partial charge in [-0.15, -0.1) is 0 Å². The fourth-order valence-corrected chi connectivity index (χ4v) is 2.40. The van der Waals surface area contributed by atoms with Crippen LogP contribution in [0.5, 0.6) is 0 Å². The van der Waals surface area contributed by atoms with Crippen LogP contribution in [0.3, 0.4) is 0 Å². The van der Waals surface area contributed by atoms with Crippen LogP contribution in [0.1, 0.15) is 24.5 Å². The highest BCUT2D eigenvalue weighted by Crippen LogP contribution is 2.31. The van der Waals surface area contributed by atoms with Crippen LogP contribution in [0.15, 0.2) is 18.2 Å². The third-order valence-electron chi connectivity index (χ3n) is 3.31. The number of rotatable bonds is 4. The van der Waals surface area contributed by atoms with E-state index in [2.05, 4.69) is 0 Å². The third kappa shape index (κ3) is 2.13. The topological polar surface area (TPSA) is 60.8 Å². The molecule has 0 aromatic heterocycles. The van der Waals surface area contributed by atoms with Crippen molar-refractivity contribution in [3.63, 3.8) is 0 Å². The molecule has 0 saturated carbocycles. The van der Waals surface area contributed by atoms with Crippen molar-refractivity contribution in [2.75, 3.05) is 11.4 Å². The van der Waals surface area contributed by atoms with E-state index in [1.807, 2.05) is 30.0 Å². The second kappa shape index (κ2) is 4.75. The van der Waals surface area contributed by atoms with E-state index in [4.69, 9.17) is 5.11 Å². The van der Waals surface area contributed by atoms with Gasteiger partial charge in [-0.2, -0.15) is 0 Å². The Bertz CT molecular complexity index is 431. The van der Waals surface area contributed by atoms with Crippen LogP contribution in [-0.2, 0) is 17.8 Å². The number of hydrogen-bond donors (Lipinski definition) is 2. The standard InChI is InChI=1S/C13H17NO3/c1-2-11(13(16)17)14-6-5-10-4-3-9(8-15)7-12(10)14/h3-4,7,11,15H,2,5-6,8H2,1H3,(H,16,17)/t11-/m0/s1. The number of aliphatic hydroxyl groups excluding tert-OH is 1. The van der Waals surface area contributed by atoms with Gasteiger partial charge in [-0.1, -0.05) is 19.1 Å². The molecule has 4 heteroatoms. The molecule has 4 nitrogen and oxygen atoms in total. The lowest BCUT2D eigenvalue weighted by Gasteiger charge is -2.26. The molecule has 2 rings (SSSR count). The quantitative estimate of drug-likeness (QED) is 0.828. The normalized spacial score (nSPS) is 15.8. The summed E-state index contributed by atoms with van der Waals surface area (Å²) in [5, 5.41) is 18.3. The highest BCUT2D eigenvalue weighted by atomic mass is 16.4. The minimum atomic E-state index is -0.783. The zero-order chi connectivity index (χ0) is 12.4. The smallest absolute Gasteiger partial charge is 0.326 e. The molecule has 1 aromatic carbocycles. The van der Waals surface area contributed by atoms with Gasteiger partial charge in [-0.05, 0) is 30.0 Å². The number of fused-ring (bicyclic) bond motifs is 1. The Kier molecular flexibility index (Phi) is 3.33. The van der Waals surface area contributed by atoms with Crippen LogP contribution in [0.25, 0.3) is 0 Å². The molecule has 0 fully saturated rings. The molecular weight excluding hydrogens is 218 g/mol. The zero-order valence-electron chi connectivity index (χ0n) is 9.89. The minimum absolute atomic E-state index is 0.00895. The van der Waals surface area contributed by atoms with Gasteiger partial charge in [0, 0.05) is 12.2 Å². The summed E-state index contributed by atoms with van der Waals surface area (Å²) in [5.41, 5.74) is 2.96. The molecule has 0 unspecified atom stereocenters. The number of nitrogens with zero attached hydrogens (tertiary/aromatic N) is 1. The van der Waals surface area contributed by atoms with Gasteiger partial charge in [0.25, 0.3) is 0 Å². The van der Waals surface area contributed by atoms with Crippen LogP contribution < -0.4 is 4.90 Å². The first-order chi connectivity index (χ1) is 8.17. The van der Waals surface area contributed by atoms with Crippen molar-refractivity contribution in [3.05, 3.63) is 29.3 Å². The number of anilines is 1. The molecule has 0 bridgehead atoms. The van der Waals surface area contributed by atoms with Crippen LogP contribution in [-0.4, -0.2) is 28.8 Å². The highest BCUT2D eigenvalue weighted by molar-refractivity contribution is 5.79. The first-order valence-corrected chi connectivity index (χ1v) is 5.89. The lowest BCUT2D eigenvalue weighted by atomic mass is 10.1. The molecule has 1 aliphatic heterocycles. The Morgan fingerprint density at radius 3 is 2.88 bits per heavy atom. The summed E-state index contributed by atoms with van der Waals surface area (Å²) in [6.45, 7) is 2.62. The Labute approximate surface area is 100 Å². The van der Waals surface area contributed by atoms with E-state index in [-0.39, 0.29) is 6.61 Å². The molecule has 0 radical (unpaired) electrons. The monoisotopic (exact) mass is 235 g/mol. The Hall–Kier alpha value is -1.55. The molecule has 1 aromatic rings. The van der Waals surface area contributed by atoms with Crippen molar-refractivity contribution in [2.45, 2.75) is 32.4 Å². The van der Waals surface area contributed by atoms with Gasteiger partial charge in [0.05, 0.1) is 6.61 Å². The van der Waals surface area contributed by atoms with Crippen molar-refractivity contribution in [1.82, 2.24) is 0 Å². The molecule has 0 aliphatic carbocycles. The van der Waals surface area contributed by atoms with Crippen LogP contribution in [0.2, 0.25) is 0 Å². The van der Waals surface area contributed by atoms with E-state index in [0.717, 1.165) is 24.2 Å². The maximum absolute atomic E-state index is 11.2. The van der Waals surface area contributed by atoms with E-state index in [9.17, 15) is 9.90 Å². The van der Waals surface area contributed by atoms with Crippen molar-refractivity contribution in [3.8, 4) is 0 Å². The average Bonchev–Trinajstić information content (AvgIpc) is 2.73. The summed E-state index contributed by atoms with van der Waals surface area (Å²) in [4.78, 5) is 13.1. The largest absolute Gasteiger partial charge is 0.480 e. The summed E-state index contributed by atoms with van der Waals surface area (Å²) >= 11 is 0. The first kappa shape index (κ1) is 11.9. The summed E-state index contributed by atoms with van der Waals surface area (Å²) in [6, 6.07) is 5.30. The predicted octanol–water partition coefficient (Wildman–Crippen LogP) is 1.40. The van der Waals surface area contributed by atoms with Crippen LogP contribution in [0.4, 0.5) is 5.69 Å². The maximum Gasteiger partial charge on any atom is 0.326 e. The summed E-state index contributed by atoms with van der Waals surface area (Å²) in [5.74, 6) is -0.783. The number of aliphatic hydroxyl groups is 1. The third-order valence-corrected chi connectivity index (χ3v) is 3.31. The van der Waals surface area contributed by atoms with Crippen LogP contribution >= 0.6 is 0 Å². The SMILES string of the molecule is CC[C@@H](C(=O)O)N1CCc2ccc(CO)cc21. The second-order valence-corrected chi connectivity index (χ2v) is 4.33. The molecule has 2 N–H and O–H groups in total. The van der Waals surface area contributed by atoms with Gasteiger partial charge in [-0.3, -0.25) is 0 Å². The van der Waals surface area contributed by atoms with E-state index in [1.54, 1.807) is 0 Å². The lowest BCUT2D eigenvalue weighted by Crippen LogP contribution is -2.39. The number of aliphatic carboxylic acids is 1. The molecule has 17 heavy (non-hydrogen) atoms. The fourth-order valence-electron chi connectivity index (χ4n) is 2.40. The predicted molar refractivity (Wildman–Crippen MR) is 65.1 cm³/mol. The fraction of sp³-hybridized carbons (Fsp3) is 0.462. The van der Waals surface area contributed by atoms with Gasteiger partial charge in [0.2, 0.25) is 0 Å². The van der Waals surface area contributed by atoms with Crippen molar-refractivity contribution >= 4 is 11.7 Å². The average molecular weight is 235 g/mol. The number of carbonyl (C=O) groups is 1. The molecule has 0 saturated heterocycles. The zero-order valence-corrected chi connectivity index (χ0v) is 9.89. The van der Waals surface area contributed by atoms with Gasteiger partial charge in [0.15, 0.2) is 0 Å². The summed E-state index contributed by atoms with van der Waals surface area (Å²) < 4.78 is 0. The maximum atomic E-state index is 11.2. The Morgan fingerprint density at radius 1 is 1.53 bits per heavy atom. The molecule has 1 heterocycles. The van der Waals surface area contributed by atoms with Crippen LogP contribution in [0, 0.1) is 0 Å². The van der Waals surface area contributed by atoms with E-state index in [0.29, 0.717) is 6.42 Å². The molecule has 0 spiro atoms. The van der Waals surface area contributed by atoms with Gasteiger partial charge < -0.3 is 15.1 Å². The number of carboxylic acid groups (broad SMARTS) is 1. The molecule has 1 atom stereocenters. The van der Waals surface area contributed by atoms with E-state index >= 15 is 0 Å². The Morgan fingerprint density at radius 2 is 2.29 bits per heavy atom.